The molecule has 31 heavy (non-hydrogen) atoms. The average Bonchev–Trinajstić information content (AvgIpc) is 3.31. The van der Waals surface area contributed by atoms with Crippen molar-refractivity contribution in [2.75, 3.05) is 11.5 Å². The molecular weight excluding hydrogens is 434 g/mol. The molecule has 0 radical (unpaired) electrons. The minimum absolute atomic E-state index is 0.253. The number of H-pyrrole nitrogens is 2. The van der Waals surface area contributed by atoms with Crippen LogP contribution in [0.2, 0.25) is 0 Å². The van der Waals surface area contributed by atoms with Gasteiger partial charge in [0.1, 0.15) is 11.6 Å². The average molecular weight is 452 g/mol. The van der Waals surface area contributed by atoms with Gasteiger partial charge in [-0.2, -0.15) is 8.42 Å². The first-order chi connectivity index (χ1) is 14.5. The van der Waals surface area contributed by atoms with Crippen molar-refractivity contribution in [2.45, 2.75) is 0 Å². The minimum Gasteiger partial charge on any atom is -0.369 e. The van der Waals surface area contributed by atoms with Crippen LogP contribution >= 0.6 is 0 Å². The van der Waals surface area contributed by atoms with E-state index in [0.717, 1.165) is 22.5 Å². The molecule has 2 aromatic heterocycles. The fourth-order valence-electron chi connectivity index (χ4n) is 2.23. The second-order valence-corrected chi connectivity index (χ2v) is 6.72. The predicted molar refractivity (Wildman–Crippen MR) is 111 cm³/mol. The lowest BCUT2D eigenvalue weighted by Crippen LogP contribution is -1.89. The Morgan fingerprint density at radius 3 is 1.23 bits per heavy atom. The zero-order chi connectivity index (χ0) is 23.0. The van der Waals surface area contributed by atoms with E-state index in [1.54, 1.807) is 36.7 Å². The third-order valence-corrected chi connectivity index (χ3v) is 3.50. The highest BCUT2D eigenvalue weighted by Gasteiger charge is 2.01. The fraction of sp³-hybridized carbons (Fsp3) is 0. The zero-order valence-electron chi connectivity index (χ0n) is 15.7. The van der Waals surface area contributed by atoms with Gasteiger partial charge in [0, 0.05) is 0 Å². The SMILES string of the molecule is Nc1ncc(-c2ccc(F)cc2)[nH]1.Nc1ncc(-c2ccc(F)cc2)[nH]1.O=S(=O)(O)O. The summed E-state index contributed by atoms with van der Waals surface area (Å²) in [6.07, 6.45) is 3.23. The molecule has 2 aromatic carbocycles. The van der Waals surface area contributed by atoms with Gasteiger partial charge >= 0.3 is 10.4 Å². The number of rotatable bonds is 2. The molecule has 164 valence electrons. The van der Waals surface area contributed by atoms with Crippen LogP contribution in [0.15, 0.2) is 60.9 Å². The molecule has 10 nitrogen and oxygen atoms in total. The van der Waals surface area contributed by atoms with Crippen LogP contribution in [0.1, 0.15) is 0 Å². The van der Waals surface area contributed by atoms with E-state index in [1.807, 2.05) is 0 Å². The molecule has 0 spiro atoms. The predicted octanol–water partition coefficient (Wildman–Crippen LogP) is 2.94. The van der Waals surface area contributed by atoms with Crippen molar-refractivity contribution in [2.24, 2.45) is 0 Å². The number of anilines is 2. The molecule has 13 heteroatoms. The Morgan fingerprint density at radius 2 is 1.00 bits per heavy atom. The van der Waals surface area contributed by atoms with Gasteiger partial charge in [-0.1, -0.05) is 0 Å². The molecule has 4 aromatic rings. The Balaban J connectivity index is 0.000000182. The van der Waals surface area contributed by atoms with E-state index in [0.29, 0.717) is 11.9 Å². The van der Waals surface area contributed by atoms with Crippen LogP contribution in [0.3, 0.4) is 0 Å². The maximum absolute atomic E-state index is 12.6. The maximum atomic E-state index is 12.6. The molecule has 0 aliphatic rings. The number of hydrogen-bond acceptors (Lipinski definition) is 6. The number of aromatic amines is 2. The molecule has 0 aliphatic heterocycles. The van der Waals surface area contributed by atoms with E-state index in [4.69, 9.17) is 29.0 Å². The molecule has 0 saturated heterocycles. The van der Waals surface area contributed by atoms with Gasteiger partial charge in [-0.3, -0.25) is 9.11 Å². The Kier molecular flexibility index (Phi) is 7.79. The third-order valence-electron chi connectivity index (χ3n) is 3.50. The van der Waals surface area contributed by atoms with E-state index < -0.39 is 10.4 Å². The van der Waals surface area contributed by atoms with Crippen molar-refractivity contribution < 1.29 is 26.3 Å². The number of benzene rings is 2. The molecular formula is C18H18F2N6O4S. The first-order valence-electron chi connectivity index (χ1n) is 8.34. The third kappa shape index (κ3) is 8.61. The van der Waals surface area contributed by atoms with Gasteiger partial charge in [0.25, 0.3) is 0 Å². The Labute approximate surface area is 175 Å². The summed E-state index contributed by atoms with van der Waals surface area (Å²) in [6.45, 7) is 0. The standard InChI is InChI=1S/2C9H8FN3.H2O4S/c2*10-7-3-1-6(2-4-7)8-5-12-9(11)13-8;1-5(2,3)4/h2*1-5H,(H3,11,12,13);(H2,1,2,3,4). The van der Waals surface area contributed by atoms with E-state index in [-0.39, 0.29) is 11.6 Å². The lowest BCUT2D eigenvalue weighted by atomic mass is 10.2. The number of nitrogens with two attached hydrogens (primary N) is 2. The molecule has 0 atom stereocenters. The van der Waals surface area contributed by atoms with Crippen molar-refractivity contribution in [3.63, 3.8) is 0 Å². The first-order valence-corrected chi connectivity index (χ1v) is 9.73. The summed E-state index contributed by atoms with van der Waals surface area (Å²) < 4.78 is 56.7. The van der Waals surface area contributed by atoms with Gasteiger partial charge in [-0.25, -0.2) is 18.7 Å². The summed E-state index contributed by atoms with van der Waals surface area (Å²) in [5, 5.41) is 0. The van der Waals surface area contributed by atoms with Crippen LogP contribution in [0.25, 0.3) is 22.5 Å². The number of hydrogen-bond donors (Lipinski definition) is 6. The topological polar surface area (TPSA) is 184 Å². The van der Waals surface area contributed by atoms with Gasteiger partial charge in [0.2, 0.25) is 0 Å². The molecule has 0 amide bonds. The monoisotopic (exact) mass is 452 g/mol. The van der Waals surface area contributed by atoms with Gasteiger partial charge in [-0.15, -0.1) is 0 Å². The number of nitrogen functional groups attached to an aromatic ring is 2. The van der Waals surface area contributed by atoms with Crippen LogP contribution < -0.4 is 11.5 Å². The lowest BCUT2D eigenvalue weighted by molar-refractivity contribution is 0.381. The Hall–Kier alpha value is -3.81. The molecule has 0 unspecified atom stereocenters. The van der Waals surface area contributed by atoms with Crippen molar-refractivity contribution in [3.05, 3.63) is 72.6 Å². The zero-order valence-corrected chi connectivity index (χ0v) is 16.5. The van der Waals surface area contributed by atoms with Crippen molar-refractivity contribution in [1.82, 2.24) is 19.9 Å². The molecule has 0 fully saturated rings. The number of nitrogens with one attached hydrogen (secondary N) is 2. The first kappa shape index (κ1) is 23.5. The number of imidazole rings is 2. The number of aromatic nitrogens is 4. The molecule has 4 rings (SSSR count). The summed E-state index contributed by atoms with van der Waals surface area (Å²) in [6, 6.07) is 12.3. The van der Waals surface area contributed by atoms with Crippen molar-refractivity contribution in [1.29, 1.82) is 0 Å². The summed E-state index contributed by atoms with van der Waals surface area (Å²) in [5.41, 5.74) is 14.1. The minimum atomic E-state index is -4.67. The normalized spacial score (nSPS) is 10.5. The van der Waals surface area contributed by atoms with Gasteiger partial charge in [-0.05, 0) is 59.7 Å². The van der Waals surface area contributed by atoms with E-state index in [9.17, 15) is 8.78 Å². The quantitative estimate of drug-likeness (QED) is 0.251. The Bertz CT molecular complexity index is 1120. The highest BCUT2D eigenvalue weighted by atomic mass is 32.3. The fourth-order valence-corrected chi connectivity index (χ4v) is 2.23. The van der Waals surface area contributed by atoms with Gasteiger partial charge in [0.15, 0.2) is 11.9 Å². The molecule has 0 aliphatic carbocycles. The van der Waals surface area contributed by atoms with Crippen LogP contribution in [0.5, 0.6) is 0 Å². The lowest BCUT2D eigenvalue weighted by Gasteiger charge is -1.95. The van der Waals surface area contributed by atoms with Crippen LogP contribution in [0.4, 0.5) is 20.7 Å². The smallest absolute Gasteiger partial charge is 0.369 e. The van der Waals surface area contributed by atoms with Crippen LogP contribution in [-0.2, 0) is 10.4 Å². The van der Waals surface area contributed by atoms with E-state index in [1.165, 1.54) is 24.3 Å². The molecule has 0 bridgehead atoms. The van der Waals surface area contributed by atoms with E-state index >= 15 is 0 Å². The summed E-state index contributed by atoms with van der Waals surface area (Å²) in [4.78, 5) is 13.4. The van der Waals surface area contributed by atoms with Crippen molar-refractivity contribution >= 4 is 22.3 Å². The summed E-state index contributed by atoms with van der Waals surface area (Å²) in [5.74, 6) is 0.214. The maximum Gasteiger partial charge on any atom is 0.394 e. The summed E-state index contributed by atoms with van der Waals surface area (Å²) >= 11 is 0. The largest absolute Gasteiger partial charge is 0.394 e. The van der Waals surface area contributed by atoms with Gasteiger partial charge in [0.05, 0.1) is 23.8 Å². The van der Waals surface area contributed by atoms with Crippen LogP contribution in [0, 0.1) is 11.6 Å². The number of nitrogens with zero attached hydrogens (tertiary/aromatic N) is 2. The second-order valence-electron chi connectivity index (χ2n) is 5.83. The highest BCUT2D eigenvalue weighted by Crippen LogP contribution is 2.18. The van der Waals surface area contributed by atoms with Gasteiger partial charge < -0.3 is 21.4 Å². The molecule has 0 saturated carbocycles. The number of halogens is 2. The van der Waals surface area contributed by atoms with E-state index in [2.05, 4.69) is 19.9 Å². The molecule has 8 N–H and O–H groups in total. The second kappa shape index (κ2) is 10.3. The Morgan fingerprint density at radius 1 is 0.710 bits per heavy atom. The van der Waals surface area contributed by atoms with Crippen molar-refractivity contribution in [3.8, 4) is 22.5 Å². The van der Waals surface area contributed by atoms with Crippen LogP contribution in [-0.4, -0.2) is 37.5 Å². The molecule has 2 heterocycles. The highest BCUT2D eigenvalue weighted by molar-refractivity contribution is 7.79. The summed E-state index contributed by atoms with van der Waals surface area (Å²) in [7, 11) is -4.67.